The number of nitrogens with zero attached hydrogens (tertiary/aromatic N) is 1. The van der Waals surface area contributed by atoms with E-state index in [2.05, 4.69) is 31.0 Å². The smallest absolute Gasteiger partial charge is 0.227 e. The van der Waals surface area contributed by atoms with Crippen molar-refractivity contribution in [3.63, 3.8) is 0 Å². The maximum Gasteiger partial charge on any atom is 0.227 e. The molecule has 1 aliphatic rings. The summed E-state index contributed by atoms with van der Waals surface area (Å²) >= 11 is 0. The van der Waals surface area contributed by atoms with E-state index in [1.54, 1.807) is 31.2 Å². The zero-order chi connectivity index (χ0) is 23.8. The highest BCUT2D eigenvalue weighted by Gasteiger charge is 2.30. The maximum absolute atomic E-state index is 11.3. The molecule has 0 unspecified atom stereocenters. The van der Waals surface area contributed by atoms with Gasteiger partial charge < -0.3 is 9.52 Å². The van der Waals surface area contributed by atoms with Crippen molar-refractivity contribution in [1.29, 1.82) is 0 Å². The predicted molar refractivity (Wildman–Crippen MR) is 133 cm³/mol. The first-order valence-corrected chi connectivity index (χ1v) is 11.4. The Kier molecular flexibility index (Phi) is 5.87. The van der Waals surface area contributed by atoms with Gasteiger partial charge in [-0.2, -0.15) is 0 Å². The van der Waals surface area contributed by atoms with Gasteiger partial charge in [0.15, 0.2) is 5.58 Å². The molecule has 0 saturated carbocycles. The number of carbonyl (C=O) groups excluding carboxylic acids is 1. The van der Waals surface area contributed by atoms with Gasteiger partial charge in [0.25, 0.3) is 0 Å². The fraction of sp³-hybridized carbons (Fsp3) is 0.310. The summed E-state index contributed by atoms with van der Waals surface area (Å²) in [5, 5.41) is 9.08. The van der Waals surface area contributed by atoms with Crippen molar-refractivity contribution < 1.29 is 14.3 Å². The van der Waals surface area contributed by atoms with Crippen LogP contribution in [0.3, 0.4) is 0 Å². The quantitative estimate of drug-likeness (QED) is 0.373. The number of phenolic OH excluding ortho intramolecular Hbond substituents is 1. The first kappa shape index (κ1) is 22.8. The van der Waals surface area contributed by atoms with Crippen molar-refractivity contribution in [1.82, 2.24) is 4.98 Å². The maximum atomic E-state index is 11.3. The number of aromatic nitrogens is 1. The first-order chi connectivity index (χ1) is 15.6. The predicted octanol–water partition coefficient (Wildman–Crippen LogP) is 6.98. The minimum atomic E-state index is -0.465. The molecule has 3 aromatic carbocycles. The topological polar surface area (TPSA) is 63.3 Å². The Morgan fingerprint density at radius 2 is 1.70 bits per heavy atom. The summed E-state index contributed by atoms with van der Waals surface area (Å²) in [6, 6.07) is 21.2. The molecule has 4 aromatic rings. The third-order valence-electron chi connectivity index (χ3n) is 6.85. The van der Waals surface area contributed by atoms with Crippen LogP contribution in [0.15, 0.2) is 71.1 Å². The minimum absolute atomic E-state index is 0.123. The highest BCUT2D eigenvalue weighted by Crippen LogP contribution is 2.40. The number of hydrogen-bond donors (Lipinski definition) is 1. The van der Waals surface area contributed by atoms with Crippen LogP contribution in [-0.2, 0) is 22.0 Å². The summed E-state index contributed by atoms with van der Waals surface area (Å²) in [5.41, 5.74) is 6.47. The summed E-state index contributed by atoms with van der Waals surface area (Å²) in [6.45, 7) is 9.95. The lowest BCUT2D eigenvalue weighted by atomic mass is 9.81. The Balaban J connectivity index is 0.000000174. The van der Waals surface area contributed by atoms with Gasteiger partial charge in [0.05, 0.1) is 0 Å². The van der Waals surface area contributed by atoms with E-state index in [-0.39, 0.29) is 16.9 Å². The summed E-state index contributed by atoms with van der Waals surface area (Å²) < 4.78 is 5.94. The Bertz CT molecular complexity index is 1280. The Morgan fingerprint density at radius 1 is 1.03 bits per heavy atom. The van der Waals surface area contributed by atoms with Crippen LogP contribution >= 0.6 is 0 Å². The molecule has 0 atom stereocenters. The molecule has 0 fully saturated rings. The molecule has 1 N–H and O–H groups in total. The second-order valence-corrected chi connectivity index (χ2v) is 9.97. The average Bonchev–Trinajstić information content (AvgIpc) is 3.34. The molecule has 170 valence electrons. The van der Waals surface area contributed by atoms with E-state index >= 15 is 0 Å². The zero-order valence-corrected chi connectivity index (χ0v) is 20.0. The van der Waals surface area contributed by atoms with Crippen LogP contribution in [0, 0.1) is 0 Å². The van der Waals surface area contributed by atoms with Gasteiger partial charge in [0, 0.05) is 11.0 Å². The number of carbonyl (C=O) groups is 1. The van der Waals surface area contributed by atoms with Gasteiger partial charge in [-0.3, -0.25) is 4.79 Å². The number of Topliss-reactive ketones (excluding diaryl/α,β-unsaturated/α-hetero) is 1. The van der Waals surface area contributed by atoms with Crippen LogP contribution in [0.25, 0.3) is 22.6 Å². The Morgan fingerprint density at radius 3 is 2.33 bits per heavy atom. The van der Waals surface area contributed by atoms with Crippen molar-refractivity contribution in [2.45, 2.75) is 58.3 Å². The fourth-order valence-electron chi connectivity index (χ4n) is 4.22. The van der Waals surface area contributed by atoms with Crippen LogP contribution in [0.1, 0.15) is 57.7 Å². The van der Waals surface area contributed by atoms with E-state index in [0.717, 1.165) is 28.6 Å². The molecule has 0 saturated heterocycles. The van der Waals surface area contributed by atoms with E-state index in [4.69, 9.17) is 9.52 Å². The van der Waals surface area contributed by atoms with Gasteiger partial charge in [-0.15, -0.1) is 0 Å². The van der Waals surface area contributed by atoms with E-state index in [1.807, 2.05) is 44.2 Å². The minimum Gasteiger partial charge on any atom is -0.508 e. The second-order valence-electron chi connectivity index (χ2n) is 9.97. The third-order valence-corrected chi connectivity index (χ3v) is 6.85. The highest BCUT2D eigenvalue weighted by atomic mass is 16.3. The number of oxazole rings is 1. The number of benzene rings is 3. The van der Waals surface area contributed by atoms with E-state index in [9.17, 15) is 4.79 Å². The second kappa shape index (κ2) is 8.51. The van der Waals surface area contributed by atoms with E-state index in [1.165, 1.54) is 17.5 Å². The number of phenols is 1. The van der Waals surface area contributed by atoms with E-state index < -0.39 is 5.41 Å². The van der Waals surface area contributed by atoms with Gasteiger partial charge >= 0.3 is 0 Å². The van der Waals surface area contributed by atoms with Crippen molar-refractivity contribution in [2.75, 3.05) is 0 Å². The standard InChI is InChI=1S/C18H17NO.C11H14O2/c1-18(2)9-8-13-10-16-15(11-14(13)18)19-17(20-16)12-6-4-3-5-7-12;1-8(12)11(2,3)9-4-6-10(13)7-5-9/h3-7,10-11H,8-9H2,1-2H3;4-7,13H,1-3H3. The highest BCUT2D eigenvalue weighted by molar-refractivity contribution is 5.87. The van der Waals surface area contributed by atoms with Crippen LogP contribution < -0.4 is 0 Å². The van der Waals surface area contributed by atoms with Gasteiger partial charge in [-0.1, -0.05) is 44.2 Å². The molecular weight excluding hydrogens is 410 g/mol. The molecular formula is C29H31NO3. The molecule has 0 spiro atoms. The van der Waals surface area contributed by atoms with Gasteiger partial charge in [0.1, 0.15) is 17.0 Å². The first-order valence-electron chi connectivity index (χ1n) is 11.4. The molecule has 1 aromatic heterocycles. The number of hydrogen-bond acceptors (Lipinski definition) is 4. The lowest BCUT2D eigenvalue weighted by Crippen LogP contribution is -2.26. The number of fused-ring (bicyclic) bond motifs is 2. The van der Waals surface area contributed by atoms with Crippen molar-refractivity contribution in [2.24, 2.45) is 0 Å². The number of rotatable bonds is 3. The lowest BCUT2D eigenvalue weighted by molar-refractivity contribution is -0.121. The molecule has 0 radical (unpaired) electrons. The fourth-order valence-corrected chi connectivity index (χ4v) is 4.22. The van der Waals surface area contributed by atoms with Gasteiger partial charge in [-0.05, 0) is 92.1 Å². The monoisotopic (exact) mass is 441 g/mol. The number of aromatic hydroxyl groups is 1. The molecule has 33 heavy (non-hydrogen) atoms. The van der Waals surface area contributed by atoms with E-state index in [0.29, 0.717) is 5.89 Å². The van der Waals surface area contributed by atoms with Crippen molar-refractivity contribution in [3.05, 3.63) is 83.4 Å². The molecule has 5 rings (SSSR count). The average molecular weight is 442 g/mol. The SMILES string of the molecule is CC(=O)C(C)(C)c1ccc(O)cc1.CC1(C)CCc2cc3oc(-c4ccccc4)nc3cc21. The Labute approximate surface area is 195 Å². The normalized spacial score (nSPS) is 14.5. The summed E-state index contributed by atoms with van der Waals surface area (Å²) in [7, 11) is 0. The molecule has 1 heterocycles. The molecule has 0 amide bonds. The third kappa shape index (κ3) is 4.56. The van der Waals surface area contributed by atoms with Gasteiger partial charge in [0.2, 0.25) is 5.89 Å². The molecule has 4 heteroatoms. The molecule has 0 aliphatic heterocycles. The van der Waals surface area contributed by atoms with Gasteiger partial charge in [-0.25, -0.2) is 4.98 Å². The zero-order valence-electron chi connectivity index (χ0n) is 20.0. The van der Waals surface area contributed by atoms with Crippen LogP contribution in [0.5, 0.6) is 5.75 Å². The summed E-state index contributed by atoms with van der Waals surface area (Å²) in [6.07, 6.45) is 2.35. The lowest BCUT2D eigenvalue weighted by Gasteiger charge is -2.21. The van der Waals surface area contributed by atoms with Crippen molar-refractivity contribution >= 4 is 16.9 Å². The summed E-state index contributed by atoms with van der Waals surface area (Å²) in [5.74, 6) is 1.06. The largest absolute Gasteiger partial charge is 0.508 e. The number of ketones is 1. The van der Waals surface area contributed by atoms with Crippen LogP contribution in [0.4, 0.5) is 0 Å². The summed E-state index contributed by atoms with van der Waals surface area (Å²) in [4.78, 5) is 15.9. The molecule has 0 bridgehead atoms. The van der Waals surface area contributed by atoms with Crippen molar-refractivity contribution in [3.8, 4) is 17.2 Å². The number of aryl methyl sites for hydroxylation is 1. The van der Waals surface area contributed by atoms with Crippen LogP contribution in [0.2, 0.25) is 0 Å². The molecule has 4 nitrogen and oxygen atoms in total. The Hall–Kier alpha value is -3.40. The van der Waals surface area contributed by atoms with Crippen LogP contribution in [-0.4, -0.2) is 15.9 Å². The molecule has 1 aliphatic carbocycles.